The Bertz CT molecular complexity index is 954. The average molecular weight is 357 g/mol. The third-order valence-electron chi connectivity index (χ3n) is 5.55. The highest BCUT2D eigenvalue weighted by molar-refractivity contribution is 5.60. The molecular formula is C22H23N5. The lowest BCUT2D eigenvalue weighted by Crippen LogP contribution is -2.16. The smallest absolute Gasteiger partial charge is 0.163 e. The van der Waals surface area contributed by atoms with E-state index >= 15 is 0 Å². The van der Waals surface area contributed by atoms with Gasteiger partial charge in [0.1, 0.15) is 5.82 Å². The summed E-state index contributed by atoms with van der Waals surface area (Å²) in [6.45, 7) is 1.93. The molecule has 0 saturated carbocycles. The normalized spacial score (nSPS) is 18.4. The van der Waals surface area contributed by atoms with Crippen LogP contribution in [0.1, 0.15) is 34.8 Å². The van der Waals surface area contributed by atoms with E-state index in [4.69, 9.17) is 9.97 Å². The Morgan fingerprint density at radius 1 is 0.963 bits per heavy atom. The molecule has 0 fully saturated rings. The molecule has 1 atom stereocenters. The van der Waals surface area contributed by atoms with Gasteiger partial charge in [0.25, 0.3) is 0 Å². The number of nitrogens with zero attached hydrogens (tertiary/aromatic N) is 3. The van der Waals surface area contributed by atoms with Crippen LogP contribution in [0.3, 0.4) is 0 Å². The van der Waals surface area contributed by atoms with Gasteiger partial charge in [-0.1, -0.05) is 24.3 Å². The van der Waals surface area contributed by atoms with Crippen molar-refractivity contribution in [3.63, 3.8) is 0 Å². The van der Waals surface area contributed by atoms with Gasteiger partial charge in [-0.3, -0.25) is 4.98 Å². The van der Waals surface area contributed by atoms with Crippen LogP contribution in [0, 0.1) is 0 Å². The molecule has 1 aliphatic heterocycles. The maximum atomic E-state index is 4.94. The van der Waals surface area contributed by atoms with Crippen LogP contribution >= 0.6 is 0 Å². The number of benzene rings is 1. The van der Waals surface area contributed by atoms with Crippen molar-refractivity contribution in [2.45, 2.75) is 31.7 Å². The Hall–Kier alpha value is -2.79. The summed E-state index contributed by atoms with van der Waals surface area (Å²) in [7, 11) is 0. The molecule has 136 valence electrons. The minimum atomic E-state index is 0.318. The zero-order valence-corrected chi connectivity index (χ0v) is 15.3. The molecule has 2 aliphatic rings. The highest BCUT2D eigenvalue weighted by atomic mass is 15.1. The van der Waals surface area contributed by atoms with Crippen LogP contribution in [0.4, 0.5) is 5.82 Å². The monoisotopic (exact) mass is 357 g/mol. The molecule has 0 spiro atoms. The van der Waals surface area contributed by atoms with Crippen LogP contribution in [0.2, 0.25) is 0 Å². The van der Waals surface area contributed by atoms with Crippen molar-refractivity contribution in [2.75, 3.05) is 18.4 Å². The molecule has 3 heterocycles. The quantitative estimate of drug-likeness (QED) is 0.753. The maximum absolute atomic E-state index is 4.94. The van der Waals surface area contributed by atoms with Crippen LogP contribution in [0.15, 0.2) is 48.8 Å². The molecule has 0 bridgehead atoms. The van der Waals surface area contributed by atoms with Crippen molar-refractivity contribution < 1.29 is 0 Å². The summed E-state index contributed by atoms with van der Waals surface area (Å²) in [6.07, 6.45) is 7.74. The highest BCUT2D eigenvalue weighted by Crippen LogP contribution is 2.35. The lowest BCUT2D eigenvalue weighted by molar-refractivity contribution is 0.708. The number of nitrogens with one attached hydrogen (secondary N) is 2. The Morgan fingerprint density at radius 3 is 2.81 bits per heavy atom. The summed E-state index contributed by atoms with van der Waals surface area (Å²) in [5.74, 6) is 1.75. The largest absolute Gasteiger partial charge is 0.363 e. The van der Waals surface area contributed by atoms with Gasteiger partial charge >= 0.3 is 0 Å². The van der Waals surface area contributed by atoms with Gasteiger partial charge < -0.3 is 10.6 Å². The number of rotatable bonds is 3. The molecule has 1 aromatic carbocycles. The van der Waals surface area contributed by atoms with Gasteiger partial charge in [-0.15, -0.1) is 0 Å². The van der Waals surface area contributed by atoms with Crippen molar-refractivity contribution in [1.82, 2.24) is 20.3 Å². The van der Waals surface area contributed by atoms with Crippen LogP contribution in [0.5, 0.6) is 0 Å². The first-order valence-electron chi connectivity index (χ1n) is 9.74. The van der Waals surface area contributed by atoms with E-state index in [2.05, 4.69) is 39.9 Å². The summed E-state index contributed by atoms with van der Waals surface area (Å²) in [4.78, 5) is 14.1. The molecular weight excluding hydrogens is 334 g/mol. The van der Waals surface area contributed by atoms with Crippen molar-refractivity contribution in [1.29, 1.82) is 0 Å². The summed E-state index contributed by atoms with van der Waals surface area (Å²) < 4.78 is 0. The number of aryl methyl sites for hydroxylation is 1. The van der Waals surface area contributed by atoms with E-state index in [0.717, 1.165) is 61.7 Å². The summed E-state index contributed by atoms with van der Waals surface area (Å²) in [5, 5.41) is 7.25. The maximum Gasteiger partial charge on any atom is 0.163 e. The first kappa shape index (κ1) is 16.4. The Morgan fingerprint density at radius 2 is 1.89 bits per heavy atom. The molecule has 3 aromatic rings. The molecule has 0 saturated heterocycles. The third kappa shape index (κ3) is 3.19. The van der Waals surface area contributed by atoms with Gasteiger partial charge in [0.15, 0.2) is 5.82 Å². The summed E-state index contributed by atoms with van der Waals surface area (Å²) >= 11 is 0. The second kappa shape index (κ2) is 7.08. The van der Waals surface area contributed by atoms with E-state index in [9.17, 15) is 0 Å². The van der Waals surface area contributed by atoms with Gasteiger partial charge in [0.05, 0.1) is 11.7 Å². The van der Waals surface area contributed by atoms with Gasteiger partial charge in [-0.2, -0.15) is 0 Å². The predicted molar refractivity (Wildman–Crippen MR) is 107 cm³/mol. The number of anilines is 1. The first-order chi connectivity index (χ1) is 13.4. The molecule has 5 rings (SSSR count). The minimum absolute atomic E-state index is 0.318. The van der Waals surface area contributed by atoms with E-state index in [1.165, 1.54) is 16.7 Å². The molecule has 2 N–H and O–H groups in total. The van der Waals surface area contributed by atoms with Crippen molar-refractivity contribution in [3.8, 4) is 11.4 Å². The molecule has 1 aliphatic carbocycles. The fourth-order valence-electron chi connectivity index (χ4n) is 4.16. The van der Waals surface area contributed by atoms with Crippen LogP contribution in [-0.4, -0.2) is 28.0 Å². The number of aromatic nitrogens is 3. The van der Waals surface area contributed by atoms with Gasteiger partial charge in [-0.25, -0.2) is 9.97 Å². The van der Waals surface area contributed by atoms with E-state index in [1.807, 2.05) is 18.3 Å². The number of fused-ring (bicyclic) bond motifs is 2. The molecule has 0 radical (unpaired) electrons. The zero-order valence-electron chi connectivity index (χ0n) is 15.3. The zero-order chi connectivity index (χ0) is 18.1. The topological polar surface area (TPSA) is 62.7 Å². The van der Waals surface area contributed by atoms with Crippen molar-refractivity contribution in [2.24, 2.45) is 0 Å². The number of pyridine rings is 1. The molecule has 0 unspecified atom stereocenters. The minimum Gasteiger partial charge on any atom is -0.363 e. The Labute approximate surface area is 159 Å². The van der Waals surface area contributed by atoms with Crippen LogP contribution in [-0.2, 0) is 19.3 Å². The Balaban J connectivity index is 1.56. The molecule has 5 heteroatoms. The standard InChI is InChI=1S/C22H23N5/c1-2-6-17-15(4-1)7-8-19(17)26-22-18-9-12-23-13-10-20(18)25-21(27-22)16-5-3-11-24-14-16/h1-6,11,14,19,23H,7-10,12-13H2,(H,25,26,27)/t19-/m0/s1. The van der Waals surface area contributed by atoms with Gasteiger partial charge in [0, 0.05) is 36.5 Å². The number of hydrogen-bond acceptors (Lipinski definition) is 5. The van der Waals surface area contributed by atoms with Gasteiger partial charge in [-0.05, 0) is 49.1 Å². The fourth-order valence-corrected chi connectivity index (χ4v) is 4.16. The van der Waals surface area contributed by atoms with E-state index in [0.29, 0.717) is 6.04 Å². The second-order valence-electron chi connectivity index (χ2n) is 7.25. The summed E-state index contributed by atoms with van der Waals surface area (Å²) in [6, 6.07) is 13.0. The van der Waals surface area contributed by atoms with E-state index in [1.54, 1.807) is 6.20 Å². The molecule has 0 amide bonds. The third-order valence-corrected chi connectivity index (χ3v) is 5.55. The Kier molecular flexibility index (Phi) is 4.30. The highest BCUT2D eigenvalue weighted by Gasteiger charge is 2.25. The van der Waals surface area contributed by atoms with Crippen molar-refractivity contribution >= 4 is 5.82 Å². The number of hydrogen-bond donors (Lipinski definition) is 2. The molecule has 5 nitrogen and oxygen atoms in total. The molecule has 2 aromatic heterocycles. The predicted octanol–water partition coefficient (Wildman–Crippen LogP) is 3.33. The fraction of sp³-hybridized carbons (Fsp3) is 0.318. The molecule has 27 heavy (non-hydrogen) atoms. The van der Waals surface area contributed by atoms with E-state index < -0.39 is 0 Å². The second-order valence-corrected chi connectivity index (χ2v) is 7.25. The summed E-state index contributed by atoms with van der Waals surface area (Å²) in [5.41, 5.74) is 6.23. The first-order valence-corrected chi connectivity index (χ1v) is 9.74. The average Bonchev–Trinajstić information content (AvgIpc) is 2.96. The lowest BCUT2D eigenvalue weighted by Gasteiger charge is -2.19. The van der Waals surface area contributed by atoms with Crippen LogP contribution in [0.25, 0.3) is 11.4 Å². The lowest BCUT2D eigenvalue weighted by atomic mass is 10.1. The van der Waals surface area contributed by atoms with E-state index in [-0.39, 0.29) is 0 Å². The van der Waals surface area contributed by atoms with Crippen LogP contribution < -0.4 is 10.6 Å². The SMILES string of the molecule is c1cncc(-c2nc3c(c(N[C@H]4CCc5ccccc54)n2)CCNCC3)c1. The van der Waals surface area contributed by atoms with Gasteiger partial charge in [0.2, 0.25) is 0 Å². The van der Waals surface area contributed by atoms with Crippen molar-refractivity contribution in [3.05, 3.63) is 71.2 Å².